The van der Waals surface area contributed by atoms with Crippen molar-refractivity contribution in [3.63, 3.8) is 0 Å². The first-order valence-corrected chi connectivity index (χ1v) is 11.2. The van der Waals surface area contributed by atoms with Gasteiger partial charge in [0, 0.05) is 51.9 Å². The van der Waals surface area contributed by atoms with Gasteiger partial charge in [0.05, 0.1) is 6.61 Å². The number of benzene rings is 1. The van der Waals surface area contributed by atoms with E-state index in [1.54, 1.807) is 6.92 Å². The molecule has 3 aliphatic rings. The molecule has 170 valence electrons. The van der Waals surface area contributed by atoms with Gasteiger partial charge in [0.15, 0.2) is 11.5 Å². The van der Waals surface area contributed by atoms with Crippen LogP contribution in [0.1, 0.15) is 25.3 Å². The number of hydrogen-bond acceptors (Lipinski definition) is 7. The predicted octanol–water partition coefficient (Wildman–Crippen LogP) is 1.27. The minimum Gasteiger partial charge on any atom is -0.465 e. The topological polar surface area (TPSA) is 83.6 Å². The molecule has 0 bridgehead atoms. The van der Waals surface area contributed by atoms with Crippen molar-refractivity contribution in [2.75, 3.05) is 59.2 Å². The van der Waals surface area contributed by atoms with Crippen LogP contribution in [0.2, 0.25) is 0 Å². The van der Waals surface area contributed by atoms with E-state index in [-0.39, 0.29) is 12.6 Å². The number of hydrogen-bond donors (Lipinski definition) is 1. The van der Waals surface area contributed by atoms with E-state index in [0.717, 1.165) is 63.6 Å². The van der Waals surface area contributed by atoms with Crippen LogP contribution in [-0.4, -0.2) is 92.0 Å². The molecule has 1 atom stereocenters. The average molecular weight is 433 g/mol. The van der Waals surface area contributed by atoms with Crippen molar-refractivity contribution in [1.82, 2.24) is 20.0 Å². The molecule has 9 heteroatoms. The quantitative estimate of drug-likeness (QED) is 0.678. The molecule has 2 saturated heterocycles. The van der Waals surface area contributed by atoms with Gasteiger partial charge in [-0.05, 0) is 37.5 Å². The first-order valence-electron chi connectivity index (χ1n) is 11.2. The van der Waals surface area contributed by atoms with Crippen LogP contribution in [0.5, 0.6) is 11.5 Å². The number of piperazine rings is 1. The number of nitrogens with one attached hydrogen (secondary N) is 1. The summed E-state index contributed by atoms with van der Waals surface area (Å²) in [6, 6.07) is 6.35. The Labute approximate surface area is 183 Å². The van der Waals surface area contributed by atoms with Crippen molar-refractivity contribution in [1.29, 1.82) is 0 Å². The Kier molecular flexibility index (Phi) is 7.14. The highest BCUT2D eigenvalue weighted by molar-refractivity contribution is 5.80. The third kappa shape index (κ3) is 5.59. The molecule has 4 rings (SSSR count). The molecule has 3 heterocycles. The van der Waals surface area contributed by atoms with Gasteiger partial charge in [-0.3, -0.25) is 14.6 Å². The SMILES string of the molecule is CCOC(=O)CNC(=O)N1CCCC(N2CCN(Cc3ccc4c(c3)OCO4)CC2)C1. The fraction of sp³-hybridized carbons (Fsp3) is 0.636. The summed E-state index contributed by atoms with van der Waals surface area (Å²) in [6.07, 6.45) is 2.08. The lowest BCUT2D eigenvalue weighted by molar-refractivity contribution is -0.141. The van der Waals surface area contributed by atoms with Gasteiger partial charge >= 0.3 is 12.0 Å². The van der Waals surface area contributed by atoms with Crippen LogP contribution in [0.4, 0.5) is 4.79 Å². The van der Waals surface area contributed by atoms with Crippen molar-refractivity contribution >= 4 is 12.0 Å². The van der Waals surface area contributed by atoms with Gasteiger partial charge < -0.3 is 24.4 Å². The van der Waals surface area contributed by atoms with Crippen LogP contribution in [0.15, 0.2) is 18.2 Å². The van der Waals surface area contributed by atoms with Crippen LogP contribution in [0.25, 0.3) is 0 Å². The van der Waals surface area contributed by atoms with Crippen molar-refractivity contribution in [2.45, 2.75) is 32.4 Å². The van der Waals surface area contributed by atoms with Gasteiger partial charge in [-0.1, -0.05) is 6.07 Å². The zero-order chi connectivity index (χ0) is 21.6. The first-order chi connectivity index (χ1) is 15.1. The summed E-state index contributed by atoms with van der Waals surface area (Å²) >= 11 is 0. The number of carbonyl (C=O) groups excluding carboxylic acids is 2. The van der Waals surface area contributed by atoms with E-state index in [0.29, 0.717) is 26.0 Å². The summed E-state index contributed by atoms with van der Waals surface area (Å²) in [4.78, 5) is 30.7. The van der Waals surface area contributed by atoms with Gasteiger partial charge in [-0.25, -0.2) is 4.79 Å². The Balaban J connectivity index is 1.22. The lowest BCUT2D eigenvalue weighted by Crippen LogP contribution is -2.57. The van der Waals surface area contributed by atoms with E-state index in [2.05, 4.69) is 27.2 Å². The lowest BCUT2D eigenvalue weighted by Gasteiger charge is -2.43. The third-order valence-corrected chi connectivity index (χ3v) is 6.14. The number of ether oxygens (including phenoxy) is 3. The van der Waals surface area contributed by atoms with Crippen LogP contribution in [0, 0.1) is 0 Å². The molecule has 2 amide bonds. The predicted molar refractivity (Wildman–Crippen MR) is 114 cm³/mol. The summed E-state index contributed by atoms with van der Waals surface area (Å²) in [5.41, 5.74) is 1.24. The highest BCUT2D eigenvalue weighted by atomic mass is 16.7. The Morgan fingerprint density at radius 1 is 1.13 bits per heavy atom. The zero-order valence-corrected chi connectivity index (χ0v) is 18.2. The van der Waals surface area contributed by atoms with E-state index in [9.17, 15) is 9.59 Å². The zero-order valence-electron chi connectivity index (χ0n) is 18.2. The summed E-state index contributed by atoms with van der Waals surface area (Å²) in [5.74, 6) is 1.25. The molecule has 0 aromatic heterocycles. The van der Waals surface area contributed by atoms with Crippen LogP contribution >= 0.6 is 0 Å². The number of nitrogens with zero attached hydrogens (tertiary/aromatic N) is 3. The Morgan fingerprint density at radius 2 is 1.94 bits per heavy atom. The molecule has 1 aromatic rings. The number of esters is 1. The fourth-order valence-corrected chi connectivity index (χ4v) is 4.49. The van der Waals surface area contributed by atoms with Gasteiger partial charge in [0.2, 0.25) is 6.79 Å². The number of likely N-dealkylation sites (tertiary alicyclic amines) is 1. The van der Waals surface area contributed by atoms with Crippen LogP contribution in [-0.2, 0) is 16.1 Å². The minimum atomic E-state index is -0.400. The third-order valence-electron chi connectivity index (χ3n) is 6.14. The molecular weight excluding hydrogens is 400 g/mol. The number of fused-ring (bicyclic) bond motifs is 1. The maximum atomic E-state index is 12.4. The smallest absolute Gasteiger partial charge is 0.325 e. The second-order valence-corrected chi connectivity index (χ2v) is 8.21. The van der Waals surface area contributed by atoms with Gasteiger partial charge in [0.1, 0.15) is 6.54 Å². The second-order valence-electron chi connectivity index (χ2n) is 8.21. The molecule has 0 spiro atoms. The normalized spacial score (nSPS) is 21.7. The van der Waals surface area contributed by atoms with Gasteiger partial charge in [-0.15, -0.1) is 0 Å². The van der Waals surface area contributed by atoms with Crippen LogP contribution < -0.4 is 14.8 Å². The molecule has 3 aliphatic heterocycles. The summed E-state index contributed by atoms with van der Waals surface area (Å²) in [6.45, 7) is 8.62. The van der Waals surface area contributed by atoms with Gasteiger partial charge in [0.25, 0.3) is 0 Å². The average Bonchev–Trinajstić information content (AvgIpc) is 3.26. The Bertz CT molecular complexity index is 781. The number of urea groups is 1. The van der Waals surface area contributed by atoms with E-state index in [4.69, 9.17) is 14.2 Å². The van der Waals surface area contributed by atoms with Crippen LogP contribution in [0.3, 0.4) is 0 Å². The van der Waals surface area contributed by atoms with Crippen molar-refractivity contribution < 1.29 is 23.8 Å². The van der Waals surface area contributed by atoms with Gasteiger partial charge in [-0.2, -0.15) is 0 Å². The molecule has 0 saturated carbocycles. The number of amides is 2. The highest BCUT2D eigenvalue weighted by Gasteiger charge is 2.30. The second kappa shape index (κ2) is 10.2. The molecule has 9 nitrogen and oxygen atoms in total. The summed E-state index contributed by atoms with van der Waals surface area (Å²) in [5, 5.41) is 2.68. The summed E-state index contributed by atoms with van der Waals surface area (Å²) in [7, 11) is 0. The first kappa shape index (κ1) is 21.7. The van der Waals surface area contributed by atoms with Crippen molar-refractivity contribution in [2.24, 2.45) is 0 Å². The maximum absolute atomic E-state index is 12.4. The fourth-order valence-electron chi connectivity index (χ4n) is 4.49. The number of piperidine rings is 1. The minimum absolute atomic E-state index is 0.0770. The molecular formula is C22H32N4O5. The molecule has 0 radical (unpaired) electrons. The molecule has 0 aliphatic carbocycles. The Morgan fingerprint density at radius 3 is 2.74 bits per heavy atom. The summed E-state index contributed by atoms with van der Waals surface area (Å²) < 4.78 is 15.7. The number of carbonyl (C=O) groups is 2. The van der Waals surface area contributed by atoms with E-state index in [1.165, 1.54) is 5.56 Å². The maximum Gasteiger partial charge on any atom is 0.325 e. The molecule has 31 heavy (non-hydrogen) atoms. The van der Waals surface area contributed by atoms with Crippen molar-refractivity contribution in [3.8, 4) is 11.5 Å². The van der Waals surface area contributed by atoms with Crippen molar-refractivity contribution in [3.05, 3.63) is 23.8 Å². The standard InChI is InChI=1S/C22H32N4O5/c1-2-29-21(27)13-23-22(28)26-7-3-4-18(15-26)25-10-8-24(9-11-25)14-17-5-6-19-20(12-17)31-16-30-19/h5-6,12,18H,2-4,7-11,13-16H2,1H3,(H,23,28). The van der Waals surface area contributed by atoms with E-state index < -0.39 is 5.97 Å². The molecule has 2 fully saturated rings. The largest absolute Gasteiger partial charge is 0.465 e. The lowest BCUT2D eigenvalue weighted by atomic mass is 10.0. The number of rotatable bonds is 6. The van der Waals surface area contributed by atoms with E-state index >= 15 is 0 Å². The van der Waals surface area contributed by atoms with E-state index in [1.807, 2.05) is 11.0 Å². The molecule has 1 N–H and O–H groups in total. The monoisotopic (exact) mass is 432 g/mol. The Hall–Kier alpha value is -2.52. The molecule has 1 unspecified atom stereocenters. The molecule has 1 aromatic carbocycles. The highest BCUT2D eigenvalue weighted by Crippen LogP contribution is 2.33.